The minimum absolute atomic E-state index is 0.00870. The number of hydrogen-bond acceptors (Lipinski definition) is 3. The highest BCUT2D eigenvalue weighted by atomic mass is 16.1. The van der Waals surface area contributed by atoms with Gasteiger partial charge < -0.3 is 5.32 Å². The summed E-state index contributed by atoms with van der Waals surface area (Å²) >= 11 is 0. The Bertz CT molecular complexity index is 328. The number of nitrogens with one attached hydrogen (secondary N) is 1. The van der Waals surface area contributed by atoms with Gasteiger partial charge in [0.2, 0.25) is 0 Å². The number of aromatic nitrogens is 2. The quantitative estimate of drug-likeness (QED) is 0.668. The molecule has 0 aromatic carbocycles. The van der Waals surface area contributed by atoms with E-state index < -0.39 is 0 Å². The van der Waals surface area contributed by atoms with E-state index in [4.69, 9.17) is 0 Å². The lowest BCUT2D eigenvalue weighted by atomic mass is 10.1. The Kier molecular flexibility index (Phi) is 2.40. The molecule has 2 heterocycles. The summed E-state index contributed by atoms with van der Waals surface area (Å²) < 4.78 is 1.60. The molecule has 1 aromatic rings. The highest BCUT2D eigenvalue weighted by molar-refractivity contribution is 4.87. The molecule has 4 nitrogen and oxygen atoms in total. The molecule has 0 amide bonds. The van der Waals surface area contributed by atoms with Gasteiger partial charge in [0.15, 0.2) is 0 Å². The van der Waals surface area contributed by atoms with Gasteiger partial charge in [-0.15, -0.1) is 0 Å². The third-order valence-corrected chi connectivity index (χ3v) is 2.40. The zero-order valence-electron chi connectivity index (χ0n) is 7.44. The van der Waals surface area contributed by atoms with E-state index in [0.29, 0.717) is 0 Å². The maximum atomic E-state index is 11.4. The van der Waals surface area contributed by atoms with Gasteiger partial charge in [0.25, 0.3) is 5.56 Å². The zero-order valence-corrected chi connectivity index (χ0v) is 7.44. The van der Waals surface area contributed by atoms with Crippen LogP contribution in [0, 0.1) is 0 Å². The van der Waals surface area contributed by atoms with Gasteiger partial charge in [-0.05, 0) is 32.0 Å². The molecule has 70 valence electrons. The second-order valence-corrected chi connectivity index (χ2v) is 3.29. The SMILES string of the molecule is O=c1cccnn1C1CCNCC1. The van der Waals surface area contributed by atoms with Gasteiger partial charge in [0.1, 0.15) is 0 Å². The molecule has 0 atom stereocenters. The first-order valence-electron chi connectivity index (χ1n) is 4.62. The molecule has 0 saturated carbocycles. The van der Waals surface area contributed by atoms with Gasteiger partial charge in [-0.3, -0.25) is 4.79 Å². The molecule has 1 N–H and O–H groups in total. The molecule has 4 heteroatoms. The molecule has 1 fully saturated rings. The third kappa shape index (κ3) is 1.78. The van der Waals surface area contributed by atoms with Gasteiger partial charge >= 0.3 is 0 Å². The second-order valence-electron chi connectivity index (χ2n) is 3.29. The Balaban J connectivity index is 2.24. The van der Waals surface area contributed by atoms with E-state index in [2.05, 4.69) is 10.4 Å². The number of nitrogens with zero attached hydrogens (tertiary/aromatic N) is 2. The van der Waals surface area contributed by atoms with E-state index in [-0.39, 0.29) is 11.6 Å². The Labute approximate surface area is 76.6 Å². The molecule has 0 aliphatic carbocycles. The van der Waals surface area contributed by atoms with Crippen molar-refractivity contribution in [3.05, 3.63) is 28.7 Å². The van der Waals surface area contributed by atoms with Gasteiger partial charge in [0, 0.05) is 12.3 Å². The van der Waals surface area contributed by atoms with E-state index in [9.17, 15) is 4.79 Å². The van der Waals surface area contributed by atoms with Gasteiger partial charge in [-0.1, -0.05) is 0 Å². The van der Waals surface area contributed by atoms with Crippen molar-refractivity contribution in [3.63, 3.8) is 0 Å². The van der Waals surface area contributed by atoms with Crippen molar-refractivity contribution in [2.24, 2.45) is 0 Å². The van der Waals surface area contributed by atoms with E-state index in [0.717, 1.165) is 25.9 Å². The van der Waals surface area contributed by atoms with Crippen molar-refractivity contribution in [1.82, 2.24) is 15.1 Å². The smallest absolute Gasteiger partial charge is 0.266 e. The fourth-order valence-electron chi connectivity index (χ4n) is 1.69. The van der Waals surface area contributed by atoms with Crippen molar-refractivity contribution in [2.45, 2.75) is 18.9 Å². The summed E-state index contributed by atoms with van der Waals surface area (Å²) in [6, 6.07) is 3.53. The third-order valence-electron chi connectivity index (χ3n) is 2.40. The Hall–Kier alpha value is -1.16. The lowest BCUT2D eigenvalue weighted by Gasteiger charge is -2.23. The van der Waals surface area contributed by atoms with Crippen LogP contribution >= 0.6 is 0 Å². The largest absolute Gasteiger partial charge is 0.317 e. The van der Waals surface area contributed by atoms with E-state index in [1.165, 1.54) is 0 Å². The fourth-order valence-corrected chi connectivity index (χ4v) is 1.69. The molecule has 1 aliphatic rings. The number of hydrogen-bond donors (Lipinski definition) is 1. The average Bonchev–Trinajstić information content (AvgIpc) is 2.20. The monoisotopic (exact) mass is 179 g/mol. The van der Waals surface area contributed by atoms with Gasteiger partial charge in [-0.25, -0.2) is 4.68 Å². The lowest BCUT2D eigenvalue weighted by Crippen LogP contribution is -2.35. The molecule has 1 aromatic heterocycles. The predicted octanol–water partition coefficient (Wildman–Crippen LogP) is 0.168. The second kappa shape index (κ2) is 3.70. The molecular formula is C9H13N3O. The number of rotatable bonds is 1. The standard InChI is InChI=1S/C9H13N3O/c13-9-2-1-5-11-12(9)8-3-6-10-7-4-8/h1-2,5,8,10H,3-4,6-7H2. The summed E-state index contributed by atoms with van der Waals surface area (Å²) in [5.41, 5.74) is 0.00870. The highest BCUT2D eigenvalue weighted by Gasteiger charge is 2.15. The summed E-state index contributed by atoms with van der Waals surface area (Å²) in [6.07, 6.45) is 3.66. The maximum absolute atomic E-state index is 11.4. The molecule has 1 saturated heterocycles. The average molecular weight is 179 g/mol. The van der Waals surface area contributed by atoms with Crippen LogP contribution < -0.4 is 10.9 Å². The van der Waals surface area contributed by atoms with Gasteiger partial charge in [-0.2, -0.15) is 5.10 Å². The van der Waals surface area contributed by atoms with Crippen LogP contribution in [0.3, 0.4) is 0 Å². The Morgan fingerprint density at radius 1 is 1.46 bits per heavy atom. The first kappa shape index (κ1) is 8.44. The molecule has 0 radical (unpaired) electrons. The van der Waals surface area contributed by atoms with E-state index in [1.54, 1.807) is 23.0 Å². The minimum atomic E-state index is 0.00870. The van der Waals surface area contributed by atoms with Crippen LogP contribution in [-0.4, -0.2) is 22.9 Å². The normalized spacial score (nSPS) is 18.8. The van der Waals surface area contributed by atoms with E-state index >= 15 is 0 Å². The van der Waals surface area contributed by atoms with Crippen LogP contribution in [-0.2, 0) is 0 Å². The van der Waals surface area contributed by atoms with Crippen LogP contribution in [0.4, 0.5) is 0 Å². The van der Waals surface area contributed by atoms with E-state index in [1.807, 2.05) is 0 Å². The zero-order chi connectivity index (χ0) is 9.10. The van der Waals surface area contributed by atoms with Crippen molar-refractivity contribution in [1.29, 1.82) is 0 Å². The molecule has 13 heavy (non-hydrogen) atoms. The van der Waals surface area contributed by atoms with Gasteiger partial charge in [0.05, 0.1) is 6.04 Å². The first-order chi connectivity index (χ1) is 6.38. The lowest BCUT2D eigenvalue weighted by molar-refractivity contribution is 0.331. The van der Waals surface area contributed by atoms with Crippen LogP contribution in [0.5, 0.6) is 0 Å². The first-order valence-corrected chi connectivity index (χ1v) is 4.62. The van der Waals surface area contributed by atoms with Crippen LogP contribution in [0.2, 0.25) is 0 Å². The molecular weight excluding hydrogens is 166 g/mol. The predicted molar refractivity (Wildman–Crippen MR) is 49.6 cm³/mol. The molecule has 2 rings (SSSR count). The Morgan fingerprint density at radius 2 is 2.23 bits per heavy atom. The molecule has 0 bridgehead atoms. The topological polar surface area (TPSA) is 46.9 Å². The maximum Gasteiger partial charge on any atom is 0.266 e. The summed E-state index contributed by atoms with van der Waals surface area (Å²) in [5, 5.41) is 7.34. The number of piperidine rings is 1. The fraction of sp³-hybridized carbons (Fsp3) is 0.556. The summed E-state index contributed by atoms with van der Waals surface area (Å²) in [5.74, 6) is 0. The molecule has 0 unspecified atom stereocenters. The summed E-state index contributed by atoms with van der Waals surface area (Å²) in [4.78, 5) is 11.4. The van der Waals surface area contributed by atoms with Crippen molar-refractivity contribution < 1.29 is 0 Å². The van der Waals surface area contributed by atoms with Crippen molar-refractivity contribution >= 4 is 0 Å². The molecule has 1 aliphatic heterocycles. The molecule has 0 spiro atoms. The summed E-state index contributed by atoms with van der Waals surface area (Å²) in [6.45, 7) is 1.96. The summed E-state index contributed by atoms with van der Waals surface area (Å²) in [7, 11) is 0. The van der Waals surface area contributed by atoms with Crippen LogP contribution in [0.25, 0.3) is 0 Å². The van der Waals surface area contributed by atoms with Crippen molar-refractivity contribution in [3.8, 4) is 0 Å². The highest BCUT2D eigenvalue weighted by Crippen LogP contribution is 2.14. The van der Waals surface area contributed by atoms with Crippen LogP contribution in [0.15, 0.2) is 23.1 Å². The minimum Gasteiger partial charge on any atom is -0.317 e. The Morgan fingerprint density at radius 3 is 2.92 bits per heavy atom. The van der Waals surface area contributed by atoms with Crippen molar-refractivity contribution in [2.75, 3.05) is 13.1 Å². The van der Waals surface area contributed by atoms with Crippen LogP contribution in [0.1, 0.15) is 18.9 Å².